The van der Waals surface area contributed by atoms with Crippen molar-refractivity contribution in [3.05, 3.63) is 11.3 Å². The Kier molecular flexibility index (Phi) is 2.79. The summed E-state index contributed by atoms with van der Waals surface area (Å²) in [5, 5.41) is 2.98. The quantitative estimate of drug-likeness (QED) is 0.696. The minimum Gasteiger partial charge on any atom is -0.329 e. The molecule has 1 atom stereocenters. The van der Waals surface area contributed by atoms with Crippen LogP contribution in [0.2, 0.25) is 0 Å². The van der Waals surface area contributed by atoms with Gasteiger partial charge in [-0.3, -0.25) is 4.79 Å². The summed E-state index contributed by atoms with van der Waals surface area (Å²) >= 11 is 0. The molecule has 1 aliphatic rings. The van der Waals surface area contributed by atoms with Crippen molar-refractivity contribution in [1.29, 1.82) is 0 Å². The number of allylic oxidation sites excluding steroid dienone is 1. The van der Waals surface area contributed by atoms with E-state index in [1.165, 1.54) is 5.57 Å². The van der Waals surface area contributed by atoms with E-state index in [-0.39, 0.29) is 11.8 Å². The number of carbonyl (C=O) groups excluding carboxylic acids is 1. The standard InChI is InChI=1S/C11H19NO/c1-6(2)9-8(5)11(13)12-10(9)7(3)4/h6-8H,1-5H3,(H,12,13). The molecule has 2 nitrogen and oxygen atoms in total. The summed E-state index contributed by atoms with van der Waals surface area (Å²) in [4.78, 5) is 11.5. The van der Waals surface area contributed by atoms with Gasteiger partial charge in [-0.25, -0.2) is 0 Å². The predicted molar refractivity (Wildman–Crippen MR) is 54.0 cm³/mol. The van der Waals surface area contributed by atoms with E-state index < -0.39 is 0 Å². The average Bonchev–Trinajstić information content (AvgIpc) is 2.28. The third kappa shape index (κ3) is 1.77. The summed E-state index contributed by atoms with van der Waals surface area (Å²) in [6.07, 6.45) is 0. The van der Waals surface area contributed by atoms with Gasteiger partial charge in [-0.1, -0.05) is 27.7 Å². The molecule has 0 aromatic carbocycles. The highest BCUT2D eigenvalue weighted by Crippen LogP contribution is 2.31. The molecule has 0 bridgehead atoms. The molecular formula is C11H19NO. The molecule has 1 N–H and O–H groups in total. The lowest BCUT2D eigenvalue weighted by Gasteiger charge is -2.14. The molecule has 0 radical (unpaired) electrons. The smallest absolute Gasteiger partial charge is 0.231 e. The Bertz CT molecular complexity index is 251. The molecule has 0 saturated heterocycles. The third-order valence-electron chi connectivity index (χ3n) is 2.63. The maximum Gasteiger partial charge on any atom is 0.231 e. The van der Waals surface area contributed by atoms with Gasteiger partial charge in [0, 0.05) is 5.70 Å². The van der Waals surface area contributed by atoms with Crippen LogP contribution >= 0.6 is 0 Å². The summed E-state index contributed by atoms with van der Waals surface area (Å²) in [5.74, 6) is 1.11. The van der Waals surface area contributed by atoms with Gasteiger partial charge in [0.15, 0.2) is 0 Å². The van der Waals surface area contributed by atoms with Gasteiger partial charge in [-0.2, -0.15) is 0 Å². The normalized spacial score (nSPS) is 23.3. The maximum atomic E-state index is 11.5. The number of hydrogen-bond donors (Lipinski definition) is 1. The minimum atomic E-state index is 0.0670. The van der Waals surface area contributed by atoms with Gasteiger partial charge in [-0.15, -0.1) is 0 Å². The summed E-state index contributed by atoms with van der Waals surface area (Å²) in [6, 6.07) is 0. The van der Waals surface area contributed by atoms with Crippen molar-refractivity contribution in [1.82, 2.24) is 5.32 Å². The highest BCUT2D eigenvalue weighted by atomic mass is 16.2. The van der Waals surface area contributed by atoms with E-state index in [4.69, 9.17) is 0 Å². The molecule has 0 aromatic rings. The van der Waals surface area contributed by atoms with Crippen molar-refractivity contribution in [3.63, 3.8) is 0 Å². The molecule has 1 unspecified atom stereocenters. The van der Waals surface area contributed by atoms with Gasteiger partial charge < -0.3 is 5.32 Å². The molecule has 1 heterocycles. The minimum absolute atomic E-state index is 0.0670. The van der Waals surface area contributed by atoms with Crippen molar-refractivity contribution in [3.8, 4) is 0 Å². The SMILES string of the molecule is CC(C)C1=C(C(C)C)C(C)C(=O)N1. The molecular weight excluding hydrogens is 162 g/mol. The zero-order valence-electron chi connectivity index (χ0n) is 9.14. The van der Waals surface area contributed by atoms with Gasteiger partial charge in [0.05, 0.1) is 5.92 Å². The topological polar surface area (TPSA) is 29.1 Å². The van der Waals surface area contributed by atoms with E-state index >= 15 is 0 Å². The molecule has 0 aliphatic carbocycles. The third-order valence-corrected chi connectivity index (χ3v) is 2.63. The number of hydrogen-bond acceptors (Lipinski definition) is 1. The van der Waals surface area contributed by atoms with E-state index in [2.05, 4.69) is 33.0 Å². The average molecular weight is 181 g/mol. The molecule has 0 aromatic heterocycles. The van der Waals surface area contributed by atoms with Crippen LogP contribution in [0.25, 0.3) is 0 Å². The Morgan fingerprint density at radius 3 is 2.00 bits per heavy atom. The van der Waals surface area contributed by atoms with Crippen LogP contribution in [0.4, 0.5) is 0 Å². The largest absolute Gasteiger partial charge is 0.329 e. The molecule has 1 aliphatic heterocycles. The van der Waals surface area contributed by atoms with Crippen molar-refractivity contribution in [2.75, 3.05) is 0 Å². The maximum absolute atomic E-state index is 11.5. The van der Waals surface area contributed by atoms with Crippen LogP contribution in [-0.4, -0.2) is 5.91 Å². The number of carbonyl (C=O) groups is 1. The fourth-order valence-electron chi connectivity index (χ4n) is 1.98. The molecule has 13 heavy (non-hydrogen) atoms. The van der Waals surface area contributed by atoms with E-state index in [1.54, 1.807) is 0 Å². The van der Waals surface area contributed by atoms with Gasteiger partial charge in [-0.05, 0) is 24.3 Å². The fraction of sp³-hybridized carbons (Fsp3) is 0.727. The zero-order chi connectivity index (χ0) is 10.2. The first-order valence-corrected chi connectivity index (χ1v) is 5.00. The molecule has 1 rings (SSSR count). The Balaban J connectivity index is 3.03. The summed E-state index contributed by atoms with van der Waals surface area (Å²) in [6.45, 7) is 10.5. The molecule has 74 valence electrons. The molecule has 0 saturated carbocycles. The second-order valence-corrected chi connectivity index (χ2v) is 4.39. The number of nitrogens with one attached hydrogen (secondary N) is 1. The Morgan fingerprint density at radius 1 is 1.15 bits per heavy atom. The van der Waals surface area contributed by atoms with Crippen molar-refractivity contribution in [2.45, 2.75) is 34.6 Å². The first-order valence-electron chi connectivity index (χ1n) is 5.00. The molecule has 0 spiro atoms. The van der Waals surface area contributed by atoms with Gasteiger partial charge in [0.2, 0.25) is 5.91 Å². The van der Waals surface area contributed by atoms with E-state index in [0.29, 0.717) is 11.8 Å². The van der Waals surface area contributed by atoms with Crippen LogP contribution in [0.3, 0.4) is 0 Å². The molecule has 0 fully saturated rings. The fourth-order valence-corrected chi connectivity index (χ4v) is 1.98. The first kappa shape index (κ1) is 10.3. The number of rotatable bonds is 2. The summed E-state index contributed by atoms with van der Waals surface area (Å²) < 4.78 is 0. The number of amides is 1. The monoisotopic (exact) mass is 181 g/mol. The highest BCUT2D eigenvalue weighted by molar-refractivity contribution is 5.86. The second-order valence-electron chi connectivity index (χ2n) is 4.39. The van der Waals surface area contributed by atoms with Crippen LogP contribution in [0.5, 0.6) is 0 Å². The van der Waals surface area contributed by atoms with Gasteiger partial charge in [0.25, 0.3) is 0 Å². The lowest BCUT2D eigenvalue weighted by Crippen LogP contribution is -2.21. The van der Waals surface area contributed by atoms with Crippen LogP contribution in [0, 0.1) is 17.8 Å². The van der Waals surface area contributed by atoms with E-state index in [1.807, 2.05) is 6.92 Å². The van der Waals surface area contributed by atoms with Crippen LogP contribution in [0.15, 0.2) is 11.3 Å². The second kappa shape index (κ2) is 3.52. The van der Waals surface area contributed by atoms with Crippen LogP contribution in [0.1, 0.15) is 34.6 Å². The van der Waals surface area contributed by atoms with Crippen LogP contribution < -0.4 is 5.32 Å². The first-order chi connectivity index (χ1) is 5.95. The Labute approximate surface area is 80.4 Å². The lowest BCUT2D eigenvalue weighted by molar-refractivity contribution is -0.121. The predicted octanol–water partition coefficient (Wildman–Crippen LogP) is 2.32. The molecule has 1 amide bonds. The van der Waals surface area contributed by atoms with Gasteiger partial charge in [0.1, 0.15) is 0 Å². The van der Waals surface area contributed by atoms with E-state index in [0.717, 1.165) is 5.70 Å². The van der Waals surface area contributed by atoms with Crippen molar-refractivity contribution < 1.29 is 4.79 Å². The Morgan fingerprint density at radius 2 is 1.69 bits per heavy atom. The summed E-state index contributed by atoms with van der Waals surface area (Å²) in [5.41, 5.74) is 2.44. The summed E-state index contributed by atoms with van der Waals surface area (Å²) in [7, 11) is 0. The highest BCUT2D eigenvalue weighted by Gasteiger charge is 2.31. The van der Waals surface area contributed by atoms with Crippen molar-refractivity contribution >= 4 is 5.91 Å². The van der Waals surface area contributed by atoms with E-state index in [9.17, 15) is 4.79 Å². The zero-order valence-corrected chi connectivity index (χ0v) is 9.14. The lowest BCUT2D eigenvalue weighted by atomic mass is 9.89. The Hall–Kier alpha value is -0.790. The van der Waals surface area contributed by atoms with Crippen LogP contribution in [-0.2, 0) is 4.79 Å². The van der Waals surface area contributed by atoms with Gasteiger partial charge >= 0.3 is 0 Å². The molecule has 2 heteroatoms. The van der Waals surface area contributed by atoms with Crippen molar-refractivity contribution in [2.24, 2.45) is 17.8 Å².